The molecule has 0 aromatic carbocycles. The fourth-order valence-electron chi connectivity index (χ4n) is 2.20. The van der Waals surface area contributed by atoms with Gasteiger partial charge in [-0.15, -0.1) is 0 Å². The number of rotatable bonds is 4. The van der Waals surface area contributed by atoms with Crippen LogP contribution < -0.4 is 0 Å². The summed E-state index contributed by atoms with van der Waals surface area (Å²) in [5.74, 6) is -4.30. The van der Waals surface area contributed by atoms with Gasteiger partial charge in [0, 0.05) is 0 Å². The van der Waals surface area contributed by atoms with Gasteiger partial charge < -0.3 is 9.47 Å². The molecule has 0 amide bonds. The Bertz CT molecular complexity index is 663. The highest BCUT2D eigenvalue weighted by Gasteiger charge is 2.42. The highest BCUT2D eigenvalue weighted by molar-refractivity contribution is 7.87. The molecule has 0 aromatic heterocycles. The zero-order valence-corrected chi connectivity index (χ0v) is 14.8. The monoisotopic (exact) mass is 386 g/mol. The molecule has 0 saturated carbocycles. The van der Waals surface area contributed by atoms with E-state index >= 15 is 0 Å². The molecule has 24 heavy (non-hydrogen) atoms. The van der Waals surface area contributed by atoms with Crippen molar-refractivity contribution in [1.29, 1.82) is 0 Å². The van der Waals surface area contributed by atoms with Gasteiger partial charge in [0.2, 0.25) is 0 Å². The molecule has 4 unspecified atom stereocenters. The van der Waals surface area contributed by atoms with Gasteiger partial charge in [-0.25, -0.2) is 0 Å². The third-order valence-corrected chi connectivity index (χ3v) is 6.29. The van der Waals surface area contributed by atoms with E-state index in [1.807, 2.05) is 0 Å². The first kappa shape index (κ1) is 19.1. The van der Waals surface area contributed by atoms with Gasteiger partial charge in [-0.05, 0) is 20.8 Å². The molecule has 2 heterocycles. The van der Waals surface area contributed by atoms with E-state index < -0.39 is 74.0 Å². The van der Waals surface area contributed by atoms with Gasteiger partial charge in [-0.3, -0.25) is 18.0 Å². The summed E-state index contributed by atoms with van der Waals surface area (Å²) in [6.45, 7) is 4.07. The molecule has 4 atom stereocenters. The lowest BCUT2D eigenvalue weighted by molar-refractivity contribution is -0.168. The van der Waals surface area contributed by atoms with E-state index in [2.05, 4.69) is 8.37 Å². The average molecular weight is 386 g/mol. The third kappa shape index (κ3) is 4.43. The topological polar surface area (TPSA) is 139 Å². The summed E-state index contributed by atoms with van der Waals surface area (Å²) in [4.78, 5) is 23.9. The predicted octanol–water partition coefficient (Wildman–Crippen LogP) is -1.06. The van der Waals surface area contributed by atoms with Crippen LogP contribution >= 0.6 is 0 Å². The van der Waals surface area contributed by atoms with Gasteiger partial charge in [0.05, 0.1) is 0 Å². The summed E-state index contributed by atoms with van der Waals surface area (Å²) in [5.41, 5.74) is 0. The minimum Gasteiger partial charge on any atom is -0.458 e. The smallest absolute Gasteiger partial charge is 0.320 e. The van der Waals surface area contributed by atoms with Crippen LogP contribution in [0.3, 0.4) is 0 Å². The SMILES string of the molecule is CC(C(=O)OC1CS(=O)(=O)OC1C)C(=O)OC1CS(=O)(=O)OC1C. The highest BCUT2D eigenvalue weighted by atomic mass is 32.2. The molecular weight excluding hydrogens is 368 g/mol. The van der Waals surface area contributed by atoms with Crippen molar-refractivity contribution in [2.45, 2.75) is 45.2 Å². The first-order valence-corrected chi connectivity index (χ1v) is 10.3. The van der Waals surface area contributed by atoms with Gasteiger partial charge >= 0.3 is 11.9 Å². The second-order valence-corrected chi connectivity index (χ2v) is 9.01. The van der Waals surface area contributed by atoms with Gasteiger partial charge in [0.15, 0.2) is 5.92 Å². The molecule has 2 aliphatic heterocycles. The largest absolute Gasteiger partial charge is 0.458 e. The van der Waals surface area contributed by atoms with E-state index in [0.29, 0.717) is 0 Å². The lowest BCUT2D eigenvalue weighted by Gasteiger charge is -2.19. The predicted molar refractivity (Wildman–Crippen MR) is 77.6 cm³/mol. The minimum absolute atomic E-state index is 0.493. The first-order chi connectivity index (χ1) is 10.9. The molecule has 138 valence electrons. The Kier molecular flexibility index (Phi) is 5.23. The molecule has 0 aromatic rings. The Hall–Kier alpha value is -1.24. The lowest BCUT2D eigenvalue weighted by Crippen LogP contribution is -2.36. The average Bonchev–Trinajstić information content (AvgIpc) is 2.82. The summed E-state index contributed by atoms with van der Waals surface area (Å²) in [5, 5.41) is 0. The van der Waals surface area contributed by atoms with E-state index in [1.165, 1.54) is 20.8 Å². The number of esters is 2. The Labute approximate surface area is 139 Å². The number of carbonyl (C=O) groups is 2. The molecule has 0 aliphatic carbocycles. The van der Waals surface area contributed by atoms with E-state index in [1.54, 1.807) is 0 Å². The maximum atomic E-state index is 12.0. The molecule has 0 radical (unpaired) electrons. The van der Waals surface area contributed by atoms with E-state index in [4.69, 9.17) is 9.47 Å². The maximum Gasteiger partial charge on any atom is 0.320 e. The van der Waals surface area contributed by atoms with Crippen molar-refractivity contribution in [2.75, 3.05) is 11.5 Å². The second kappa shape index (κ2) is 6.58. The molecule has 2 rings (SSSR count). The van der Waals surface area contributed by atoms with Gasteiger partial charge in [-0.2, -0.15) is 16.8 Å². The molecule has 2 saturated heterocycles. The Morgan fingerprint density at radius 3 is 1.46 bits per heavy atom. The van der Waals surface area contributed by atoms with Crippen molar-refractivity contribution in [3.8, 4) is 0 Å². The van der Waals surface area contributed by atoms with Crippen LogP contribution in [0.5, 0.6) is 0 Å². The van der Waals surface area contributed by atoms with Crippen molar-refractivity contribution < 1.29 is 44.3 Å². The Morgan fingerprint density at radius 1 is 0.875 bits per heavy atom. The van der Waals surface area contributed by atoms with Gasteiger partial charge in [0.1, 0.15) is 35.9 Å². The van der Waals surface area contributed by atoms with Crippen molar-refractivity contribution in [2.24, 2.45) is 5.92 Å². The van der Waals surface area contributed by atoms with Gasteiger partial charge in [-0.1, -0.05) is 0 Å². The summed E-state index contributed by atoms with van der Waals surface area (Å²) in [6.07, 6.45) is -3.75. The van der Waals surface area contributed by atoms with Crippen molar-refractivity contribution in [3.05, 3.63) is 0 Å². The molecule has 0 bridgehead atoms. The van der Waals surface area contributed by atoms with E-state index in [9.17, 15) is 26.4 Å². The molecule has 2 aliphatic rings. The summed E-state index contributed by atoms with van der Waals surface area (Å²) in [6, 6.07) is 0. The summed E-state index contributed by atoms with van der Waals surface area (Å²) < 4.78 is 64.4. The number of carbonyl (C=O) groups excluding carboxylic acids is 2. The van der Waals surface area contributed by atoms with E-state index in [-0.39, 0.29) is 0 Å². The highest BCUT2D eigenvalue weighted by Crippen LogP contribution is 2.23. The molecule has 0 spiro atoms. The van der Waals surface area contributed by atoms with Crippen molar-refractivity contribution >= 4 is 32.2 Å². The molecule has 12 heteroatoms. The van der Waals surface area contributed by atoms with Crippen LogP contribution in [0.25, 0.3) is 0 Å². The quantitative estimate of drug-likeness (QED) is 0.334. The number of hydrogen-bond donors (Lipinski definition) is 0. The molecule has 10 nitrogen and oxygen atoms in total. The summed E-state index contributed by atoms with van der Waals surface area (Å²) in [7, 11) is -7.50. The molecule has 0 N–H and O–H groups in total. The lowest BCUT2D eigenvalue weighted by atomic mass is 10.1. The Morgan fingerprint density at radius 2 is 1.21 bits per heavy atom. The van der Waals surface area contributed by atoms with E-state index in [0.717, 1.165) is 0 Å². The zero-order chi connectivity index (χ0) is 18.3. The molecule has 2 fully saturated rings. The van der Waals surface area contributed by atoms with Crippen LogP contribution in [0.4, 0.5) is 0 Å². The fourth-order valence-corrected chi connectivity index (χ4v) is 5.01. The third-order valence-electron chi connectivity index (χ3n) is 3.62. The Balaban J connectivity index is 1.92. The van der Waals surface area contributed by atoms with Crippen LogP contribution in [0, 0.1) is 5.92 Å². The fraction of sp³-hybridized carbons (Fsp3) is 0.833. The molecular formula is C12H18O10S2. The van der Waals surface area contributed by atoms with Crippen LogP contribution in [-0.4, -0.2) is 64.7 Å². The maximum absolute atomic E-state index is 12.0. The van der Waals surface area contributed by atoms with Crippen LogP contribution in [-0.2, 0) is 47.7 Å². The van der Waals surface area contributed by atoms with Crippen molar-refractivity contribution in [1.82, 2.24) is 0 Å². The first-order valence-electron chi connectivity index (χ1n) is 7.13. The number of ether oxygens (including phenoxy) is 2. The minimum atomic E-state index is -3.75. The van der Waals surface area contributed by atoms with Crippen LogP contribution in [0.2, 0.25) is 0 Å². The van der Waals surface area contributed by atoms with Crippen LogP contribution in [0.1, 0.15) is 20.8 Å². The zero-order valence-electron chi connectivity index (χ0n) is 13.2. The van der Waals surface area contributed by atoms with Crippen molar-refractivity contribution in [3.63, 3.8) is 0 Å². The number of hydrogen-bond acceptors (Lipinski definition) is 10. The standard InChI is InChI=1S/C12H18O10S2/c1-6(11(13)19-9-4-23(15,16)21-7(9)2)12(14)20-10-5-24(17,18)22-8(10)3/h6-10H,4-5H2,1-3H3. The normalized spacial score (nSPS) is 35.3. The van der Waals surface area contributed by atoms with Crippen LogP contribution in [0.15, 0.2) is 0 Å². The van der Waals surface area contributed by atoms with Gasteiger partial charge in [0.25, 0.3) is 20.2 Å². The summed E-state index contributed by atoms with van der Waals surface area (Å²) >= 11 is 0. The second-order valence-electron chi connectivity index (χ2n) is 5.72.